The van der Waals surface area contributed by atoms with E-state index in [9.17, 15) is 8.42 Å². The molecule has 1 aliphatic rings. The van der Waals surface area contributed by atoms with Crippen LogP contribution in [-0.2, 0) is 16.4 Å². The zero-order valence-corrected chi connectivity index (χ0v) is 11.9. The zero-order chi connectivity index (χ0) is 13.2. The fourth-order valence-corrected chi connectivity index (χ4v) is 4.41. The van der Waals surface area contributed by atoms with E-state index in [0.29, 0.717) is 0 Å². The average Bonchev–Trinajstić information content (AvgIpc) is 2.79. The molecule has 3 nitrogen and oxygen atoms in total. The van der Waals surface area contributed by atoms with Crippen LogP contribution >= 0.6 is 0 Å². The van der Waals surface area contributed by atoms with Crippen LogP contribution in [0.4, 0.5) is 0 Å². The lowest BCUT2D eigenvalue weighted by molar-refractivity contribution is 0.238. The largest absolute Gasteiger partial charge is 0.298 e. The molecular weight excluding hydrogens is 246 g/mol. The maximum absolute atomic E-state index is 11.8. The van der Waals surface area contributed by atoms with Gasteiger partial charge in [0.05, 0.1) is 5.25 Å². The number of sulfone groups is 1. The number of nitrogens with zero attached hydrogens (tertiary/aromatic N) is 1. The molecular formula is C14H21NO2S. The van der Waals surface area contributed by atoms with Crippen LogP contribution in [0, 0.1) is 0 Å². The van der Waals surface area contributed by atoms with Crippen LogP contribution < -0.4 is 0 Å². The van der Waals surface area contributed by atoms with Crippen molar-refractivity contribution in [3.63, 3.8) is 0 Å². The summed E-state index contributed by atoms with van der Waals surface area (Å²) in [4.78, 5) is 2.19. The summed E-state index contributed by atoms with van der Waals surface area (Å²) in [5.74, 6) is 0. The predicted octanol–water partition coefficient (Wildman–Crippen LogP) is 2.08. The fraction of sp³-hybridized carbons (Fsp3) is 0.571. The van der Waals surface area contributed by atoms with Gasteiger partial charge in [0.25, 0.3) is 0 Å². The summed E-state index contributed by atoms with van der Waals surface area (Å²) in [6.45, 7) is 0.817. The maximum atomic E-state index is 11.8. The second-order valence-corrected chi connectivity index (χ2v) is 7.53. The quantitative estimate of drug-likeness (QED) is 0.838. The molecule has 2 rings (SSSR count). The molecule has 100 valence electrons. The van der Waals surface area contributed by atoms with Crippen molar-refractivity contribution in [2.45, 2.75) is 37.1 Å². The third-order valence-electron chi connectivity index (χ3n) is 3.81. The number of hydrogen-bond acceptors (Lipinski definition) is 3. The number of rotatable bonds is 4. The van der Waals surface area contributed by atoms with Gasteiger partial charge in [0.1, 0.15) is 0 Å². The van der Waals surface area contributed by atoms with Crippen LogP contribution in [0.15, 0.2) is 30.3 Å². The Morgan fingerprint density at radius 1 is 1.22 bits per heavy atom. The molecule has 0 aliphatic heterocycles. The van der Waals surface area contributed by atoms with Gasteiger partial charge in [-0.1, -0.05) is 36.8 Å². The van der Waals surface area contributed by atoms with Gasteiger partial charge in [-0.25, -0.2) is 8.42 Å². The van der Waals surface area contributed by atoms with E-state index in [0.717, 1.165) is 25.8 Å². The lowest BCUT2D eigenvalue weighted by Crippen LogP contribution is -2.40. The van der Waals surface area contributed by atoms with Crippen molar-refractivity contribution in [1.29, 1.82) is 0 Å². The van der Waals surface area contributed by atoms with Crippen LogP contribution in [-0.4, -0.2) is 37.9 Å². The summed E-state index contributed by atoms with van der Waals surface area (Å²) in [6, 6.07) is 10.4. The molecule has 0 spiro atoms. The summed E-state index contributed by atoms with van der Waals surface area (Å²) in [5, 5.41) is -0.189. The molecule has 0 aromatic heterocycles. The zero-order valence-electron chi connectivity index (χ0n) is 11.0. The molecule has 1 saturated carbocycles. The Bertz CT molecular complexity index is 484. The van der Waals surface area contributed by atoms with Gasteiger partial charge in [-0.05, 0) is 25.5 Å². The predicted molar refractivity (Wildman–Crippen MR) is 74.2 cm³/mol. The third-order valence-corrected chi connectivity index (χ3v) is 5.46. The first kappa shape index (κ1) is 13.6. The summed E-state index contributed by atoms with van der Waals surface area (Å²) >= 11 is 0. The van der Waals surface area contributed by atoms with E-state index in [2.05, 4.69) is 17.0 Å². The molecule has 0 heterocycles. The van der Waals surface area contributed by atoms with Gasteiger partial charge >= 0.3 is 0 Å². The van der Waals surface area contributed by atoms with Gasteiger partial charge in [0.2, 0.25) is 0 Å². The Kier molecular flexibility index (Phi) is 4.07. The van der Waals surface area contributed by atoms with Gasteiger partial charge < -0.3 is 0 Å². The molecule has 1 aromatic carbocycles. The summed E-state index contributed by atoms with van der Waals surface area (Å²) in [7, 11) is -0.902. The van der Waals surface area contributed by atoms with E-state index in [-0.39, 0.29) is 11.3 Å². The lowest BCUT2D eigenvalue weighted by Gasteiger charge is -2.28. The highest BCUT2D eigenvalue weighted by Gasteiger charge is 2.36. The van der Waals surface area contributed by atoms with E-state index in [1.54, 1.807) is 0 Å². The molecule has 18 heavy (non-hydrogen) atoms. The Balaban J connectivity index is 2.07. The van der Waals surface area contributed by atoms with Gasteiger partial charge in [-0.2, -0.15) is 0 Å². The van der Waals surface area contributed by atoms with Gasteiger partial charge in [-0.15, -0.1) is 0 Å². The summed E-state index contributed by atoms with van der Waals surface area (Å²) < 4.78 is 23.5. The first-order valence-corrected chi connectivity index (χ1v) is 8.37. The Morgan fingerprint density at radius 2 is 1.89 bits per heavy atom. The van der Waals surface area contributed by atoms with Crippen molar-refractivity contribution < 1.29 is 8.42 Å². The fourth-order valence-electron chi connectivity index (χ4n) is 2.90. The third kappa shape index (κ3) is 3.12. The monoisotopic (exact) mass is 267 g/mol. The topological polar surface area (TPSA) is 37.4 Å². The molecule has 1 aromatic rings. The van der Waals surface area contributed by atoms with Gasteiger partial charge in [-0.3, -0.25) is 4.90 Å². The van der Waals surface area contributed by atoms with E-state index in [1.165, 1.54) is 11.8 Å². The van der Waals surface area contributed by atoms with Crippen molar-refractivity contribution >= 4 is 9.84 Å². The lowest BCUT2D eigenvalue weighted by atomic mass is 10.1. The molecule has 0 unspecified atom stereocenters. The second kappa shape index (κ2) is 5.41. The number of hydrogen-bond donors (Lipinski definition) is 0. The summed E-state index contributed by atoms with van der Waals surface area (Å²) in [6.07, 6.45) is 4.18. The highest BCUT2D eigenvalue weighted by Crippen LogP contribution is 2.29. The molecule has 0 radical (unpaired) electrons. The first-order chi connectivity index (χ1) is 8.48. The molecule has 1 fully saturated rings. The van der Waals surface area contributed by atoms with E-state index >= 15 is 0 Å². The maximum Gasteiger partial charge on any atom is 0.151 e. The smallest absolute Gasteiger partial charge is 0.151 e. The Hall–Kier alpha value is -0.870. The number of benzene rings is 1. The average molecular weight is 267 g/mol. The van der Waals surface area contributed by atoms with Crippen molar-refractivity contribution in [1.82, 2.24) is 4.90 Å². The van der Waals surface area contributed by atoms with Crippen LogP contribution in [0.3, 0.4) is 0 Å². The van der Waals surface area contributed by atoms with Crippen LogP contribution in [0.25, 0.3) is 0 Å². The van der Waals surface area contributed by atoms with Crippen LogP contribution in [0.5, 0.6) is 0 Å². The SMILES string of the molecule is CN(Cc1ccccc1)[C@@H]1CCC[C@@H]1S(C)(=O)=O. The van der Waals surface area contributed by atoms with Crippen molar-refractivity contribution in [2.75, 3.05) is 13.3 Å². The van der Waals surface area contributed by atoms with Gasteiger partial charge in [0.15, 0.2) is 9.84 Å². The standard InChI is InChI=1S/C14H21NO2S/c1-15(11-12-7-4-3-5-8-12)13-9-6-10-14(13)18(2,16)17/h3-5,7-8,13-14H,6,9-11H2,1-2H3/t13-,14+/m1/s1. The van der Waals surface area contributed by atoms with Gasteiger partial charge in [0, 0.05) is 18.8 Å². The molecule has 0 N–H and O–H groups in total. The van der Waals surface area contributed by atoms with E-state index in [4.69, 9.17) is 0 Å². The van der Waals surface area contributed by atoms with Crippen LogP contribution in [0.1, 0.15) is 24.8 Å². The van der Waals surface area contributed by atoms with Crippen molar-refractivity contribution in [2.24, 2.45) is 0 Å². The van der Waals surface area contributed by atoms with E-state index < -0.39 is 9.84 Å². The molecule has 0 saturated heterocycles. The molecule has 0 bridgehead atoms. The minimum absolute atomic E-state index is 0.167. The minimum Gasteiger partial charge on any atom is -0.298 e. The van der Waals surface area contributed by atoms with Crippen LogP contribution in [0.2, 0.25) is 0 Å². The van der Waals surface area contributed by atoms with Crippen molar-refractivity contribution in [3.05, 3.63) is 35.9 Å². The highest BCUT2D eigenvalue weighted by molar-refractivity contribution is 7.91. The Morgan fingerprint density at radius 3 is 2.50 bits per heavy atom. The summed E-state index contributed by atoms with van der Waals surface area (Å²) in [5.41, 5.74) is 1.24. The normalized spacial score (nSPS) is 24.6. The second-order valence-electron chi connectivity index (χ2n) is 5.27. The highest BCUT2D eigenvalue weighted by atomic mass is 32.2. The molecule has 1 aliphatic carbocycles. The Labute approximate surface area is 110 Å². The minimum atomic E-state index is -2.93. The van der Waals surface area contributed by atoms with E-state index in [1.807, 2.05) is 25.2 Å². The molecule has 4 heteroatoms. The van der Waals surface area contributed by atoms with Crippen molar-refractivity contribution in [3.8, 4) is 0 Å². The first-order valence-electron chi connectivity index (χ1n) is 6.41. The molecule has 2 atom stereocenters. The molecule has 0 amide bonds.